The van der Waals surface area contributed by atoms with Crippen LogP contribution in [0, 0.1) is 12.7 Å². The Morgan fingerprint density at radius 3 is 2.62 bits per heavy atom. The molecule has 2 N–H and O–H groups in total. The molecule has 3 aromatic rings. The minimum absolute atomic E-state index is 0.0487. The molecule has 0 radical (unpaired) electrons. The summed E-state index contributed by atoms with van der Waals surface area (Å²) in [6.07, 6.45) is 1.50. The van der Waals surface area contributed by atoms with Gasteiger partial charge in [0, 0.05) is 22.5 Å². The van der Waals surface area contributed by atoms with Gasteiger partial charge in [-0.1, -0.05) is 18.2 Å². The van der Waals surface area contributed by atoms with Gasteiger partial charge in [-0.2, -0.15) is 0 Å². The highest BCUT2D eigenvalue weighted by atomic mass is 19.1. The van der Waals surface area contributed by atoms with Gasteiger partial charge < -0.3 is 15.0 Å². The normalized spacial score (nSPS) is 12.2. The fourth-order valence-corrected chi connectivity index (χ4v) is 3.23. The number of carbonyl (C=O) groups is 1. The Bertz CT molecular complexity index is 1120. The van der Waals surface area contributed by atoms with Gasteiger partial charge in [-0.05, 0) is 43.2 Å². The number of hydrogen-bond donors (Lipinski definition) is 2. The second kappa shape index (κ2) is 8.53. The molecule has 0 saturated heterocycles. The zero-order valence-corrected chi connectivity index (χ0v) is 16.2. The first-order valence-corrected chi connectivity index (χ1v) is 9.24. The van der Waals surface area contributed by atoms with Crippen LogP contribution in [-0.4, -0.2) is 22.2 Å². The van der Waals surface area contributed by atoms with E-state index in [1.807, 2.05) is 6.92 Å². The lowest BCUT2D eigenvalue weighted by Crippen LogP contribution is -2.25. The second-order valence-corrected chi connectivity index (χ2v) is 7.06. The van der Waals surface area contributed by atoms with Crippen LogP contribution in [0.4, 0.5) is 14.5 Å². The smallest absolute Gasteiger partial charge is 0.258 e. The van der Waals surface area contributed by atoms with Gasteiger partial charge in [0.2, 0.25) is 5.91 Å². The average Bonchev–Trinajstić information content (AvgIpc) is 2.70. The summed E-state index contributed by atoms with van der Waals surface area (Å²) < 4.78 is 27.8. The molecule has 0 bridgehead atoms. The minimum Gasteiger partial charge on any atom is -0.394 e. The zero-order valence-electron chi connectivity index (χ0n) is 16.2. The highest BCUT2D eigenvalue weighted by molar-refractivity contribution is 6.03. The molecule has 0 aliphatic rings. The molecule has 5 nitrogen and oxygen atoms in total. The van der Waals surface area contributed by atoms with E-state index >= 15 is 0 Å². The lowest BCUT2D eigenvalue weighted by atomic mass is 10.0. The topological polar surface area (TPSA) is 71.3 Å². The number of rotatable bonds is 6. The number of aliphatic hydroxyl groups is 1. The van der Waals surface area contributed by atoms with Crippen molar-refractivity contribution in [2.24, 2.45) is 0 Å². The number of aromatic nitrogens is 1. The molecule has 0 spiro atoms. The van der Waals surface area contributed by atoms with Crippen molar-refractivity contribution < 1.29 is 18.7 Å². The fraction of sp³-hybridized carbons (Fsp3) is 0.273. The molecule has 1 amide bonds. The second-order valence-electron chi connectivity index (χ2n) is 7.06. The molecule has 29 heavy (non-hydrogen) atoms. The number of hydrogen-bond acceptors (Lipinski definition) is 3. The third kappa shape index (κ3) is 4.19. The van der Waals surface area contributed by atoms with Gasteiger partial charge in [-0.25, -0.2) is 8.78 Å². The lowest BCUT2D eigenvalue weighted by Gasteiger charge is -2.16. The molecule has 2 aromatic carbocycles. The summed E-state index contributed by atoms with van der Waals surface area (Å²) >= 11 is 0. The first-order chi connectivity index (χ1) is 13.8. The molecule has 0 saturated carbocycles. The van der Waals surface area contributed by atoms with Crippen LogP contribution in [0.15, 0.2) is 47.4 Å². The summed E-state index contributed by atoms with van der Waals surface area (Å²) in [6.45, 7) is 2.47. The molecular weight excluding hydrogens is 378 g/mol. The Labute approximate surface area is 166 Å². The fourth-order valence-electron chi connectivity index (χ4n) is 3.23. The lowest BCUT2D eigenvalue weighted by molar-refractivity contribution is -0.115. The molecule has 1 atom stereocenters. The van der Waals surface area contributed by atoms with Gasteiger partial charge in [-0.3, -0.25) is 9.59 Å². The molecule has 1 heterocycles. The van der Waals surface area contributed by atoms with Crippen LogP contribution in [-0.2, 0) is 17.9 Å². The monoisotopic (exact) mass is 400 g/mol. The van der Waals surface area contributed by atoms with Gasteiger partial charge in [0.25, 0.3) is 5.56 Å². The van der Waals surface area contributed by atoms with E-state index in [0.717, 1.165) is 11.6 Å². The van der Waals surface area contributed by atoms with Crippen molar-refractivity contribution in [1.82, 2.24) is 4.57 Å². The largest absolute Gasteiger partial charge is 0.394 e. The molecule has 152 valence electrons. The maximum atomic E-state index is 13.8. The number of halogens is 2. The summed E-state index contributed by atoms with van der Waals surface area (Å²) in [5, 5.41) is 13.1. The average molecular weight is 400 g/mol. The molecule has 3 rings (SSSR count). The van der Waals surface area contributed by atoms with Gasteiger partial charge in [0.05, 0.1) is 24.8 Å². The number of aryl methyl sites for hydroxylation is 1. The Morgan fingerprint density at radius 2 is 1.97 bits per heavy atom. The number of benzene rings is 2. The third-order valence-electron chi connectivity index (χ3n) is 4.95. The minimum atomic E-state index is -0.903. The van der Waals surface area contributed by atoms with Crippen LogP contribution in [0.5, 0.6) is 0 Å². The van der Waals surface area contributed by atoms with Crippen molar-refractivity contribution in [3.63, 3.8) is 0 Å². The van der Waals surface area contributed by atoms with Crippen molar-refractivity contribution in [2.75, 3.05) is 11.9 Å². The van der Waals surface area contributed by atoms with E-state index in [1.54, 1.807) is 31.3 Å². The first-order valence-electron chi connectivity index (χ1n) is 9.24. The van der Waals surface area contributed by atoms with Crippen molar-refractivity contribution in [3.05, 3.63) is 75.5 Å². The Balaban J connectivity index is 1.92. The van der Waals surface area contributed by atoms with Gasteiger partial charge in [0.15, 0.2) is 0 Å². The van der Waals surface area contributed by atoms with Crippen molar-refractivity contribution in [3.8, 4) is 0 Å². The van der Waals surface area contributed by atoms with Gasteiger partial charge in [-0.15, -0.1) is 0 Å². The molecule has 0 aliphatic carbocycles. The summed E-state index contributed by atoms with van der Waals surface area (Å²) in [7, 11) is 0. The van der Waals surface area contributed by atoms with Crippen LogP contribution >= 0.6 is 0 Å². The number of alkyl halides is 1. The van der Waals surface area contributed by atoms with Gasteiger partial charge in [0.1, 0.15) is 12.5 Å². The number of aliphatic hydroxyl groups excluding tert-OH is 1. The van der Waals surface area contributed by atoms with Crippen molar-refractivity contribution in [2.45, 2.75) is 33.0 Å². The number of nitrogens with one attached hydrogen (secondary N) is 1. The Kier molecular flexibility index (Phi) is 6.08. The predicted octanol–water partition coefficient (Wildman–Crippen LogP) is 3.65. The SMILES string of the molecule is Cc1ccc2c(=O)n([C@H](C)CO)ccc2c1NC(=O)Cc1ccc(CF)c(F)c1. The van der Waals surface area contributed by atoms with Crippen LogP contribution in [0.1, 0.15) is 29.7 Å². The highest BCUT2D eigenvalue weighted by Crippen LogP contribution is 2.26. The summed E-state index contributed by atoms with van der Waals surface area (Å²) in [4.78, 5) is 25.3. The van der Waals surface area contributed by atoms with E-state index in [2.05, 4.69) is 5.32 Å². The van der Waals surface area contributed by atoms with Gasteiger partial charge >= 0.3 is 0 Å². The quantitative estimate of drug-likeness (QED) is 0.664. The summed E-state index contributed by atoms with van der Waals surface area (Å²) in [6, 6.07) is 8.78. The Hall–Kier alpha value is -3.06. The number of nitrogens with zero attached hydrogens (tertiary/aromatic N) is 1. The van der Waals surface area contributed by atoms with E-state index in [-0.39, 0.29) is 36.1 Å². The highest BCUT2D eigenvalue weighted by Gasteiger charge is 2.14. The predicted molar refractivity (Wildman–Crippen MR) is 108 cm³/mol. The van der Waals surface area contributed by atoms with E-state index in [1.165, 1.54) is 16.7 Å². The maximum absolute atomic E-state index is 13.8. The van der Waals surface area contributed by atoms with E-state index in [4.69, 9.17) is 0 Å². The Morgan fingerprint density at radius 1 is 1.21 bits per heavy atom. The molecule has 7 heteroatoms. The maximum Gasteiger partial charge on any atom is 0.258 e. The van der Waals surface area contributed by atoms with Crippen molar-refractivity contribution in [1.29, 1.82) is 0 Å². The van der Waals surface area contributed by atoms with Crippen LogP contribution < -0.4 is 10.9 Å². The number of amides is 1. The molecular formula is C22H22F2N2O3. The number of fused-ring (bicyclic) bond motifs is 1. The van der Waals surface area contributed by atoms with E-state index in [9.17, 15) is 23.5 Å². The van der Waals surface area contributed by atoms with Crippen molar-refractivity contribution >= 4 is 22.4 Å². The van der Waals surface area contributed by atoms with Crippen LogP contribution in [0.3, 0.4) is 0 Å². The first kappa shape index (κ1) is 20.7. The molecule has 0 aliphatic heterocycles. The molecule has 1 aromatic heterocycles. The number of pyridine rings is 1. The number of anilines is 1. The number of carbonyl (C=O) groups excluding carboxylic acids is 1. The zero-order chi connectivity index (χ0) is 21.1. The standard InChI is InChI=1S/C22H22F2N2O3/c1-13-3-6-18-17(7-8-26(22(18)29)14(2)12-27)21(13)25-20(28)10-15-4-5-16(11-23)19(24)9-15/h3-9,14,27H,10-12H2,1-2H3,(H,25,28)/t14-/m1/s1. The van der Waals surface area contributed by atoms with Crippen LogP contribution in [0.2, 0.25) is 0 Å². The van der Waals surface area contributed by atoms with E-state index in [0.29, 0.717) is 22.0 Å². The van der Waals surface area contributed by atoms with Crippen LogP contribution in [0.25, 0.3) is 10.8 Å². The van der Waals surface area contributed by atoms with E-state index < -0.39 is 12.5 Å². The summed E-state index contributed by atoms with van der Waals surface area (Å²) in [5.74, 6) is -1.06. The summed E-state index contributed by atoms with van der Waals surface area (Å²) in [5.41, 5.74) is 1.40. The molecule has 0 fully saturated rings. The molecule has 0 unspecified atom stereocenters. The third-order valence-corrected chi connectivity index (χ3v) is 4.95.